The highest BCUT2D eigenvalue weighted by atomic mass is 16.5. The van der Waals surface area contributed by atoms with E-state index in [1.165, 1.54) is 0 Å². The molecule has 2 amide bonds. The maximum absolute atomic E-state index is 12.6. The SMILES string of the molecule is CNC(=O)C[C@H]1CC2(CCN(C(=O)COc3ccccc3)CC2)Oc2ccccc21. The van der Waals surface area contributed by atoms with E-state index in [0.717, 1.165) is 30.6 Å². The molecule has 1 atom stereocenters. The van der Waals surface area contributed by atoms with Gasteiger partial charge in [-0.3, -0.25) is 9.59 Å². The van der Waals surface area contributed by atoms with Crippen LogP contribution >= 0.6 is 0 Å². The third-order valence-electron chi connectivity index (χ3n) is 6.15. The first-order valence-electron chi connectivity index (χ1n) is 10.5. The normalized spacial score (nSPS) is 19.5. The summed E-state index contributed by atoms with van der Waals surface area (Å²) in [5.74, 6) is 1.72. The minimum absolute atomic E-state index is 0.00757. The van der Waals surface area contributed by atoms with Crippen molar-refractivity contribution in [3.63, 3.8) is 0 Å². The van der Waals surface area contributed by atoms with Crippen LogP contribution in [0.4, 0.5) is 0 Å². The van der Waals surface area contributed by atoms with Gasteiger partial charge in [0.15, 0.2) is 6.61 Å². The minimum Gasteiger partial charge on any atom is -0.487 e. The highest BCUT2D eigenvalue weighted by Crippen LogP contribution is 2.46. The maximum atomic E-state index is 12.6. The molecular weight excluding hydrogens is 380 g/mol. The Bertz CT molecular complexity index is 891. The maximum Gasteiger partial charge on any atom is 0.260 e. The van der Waals surface area contributed by atoms with E-state index >= 15 is 0 Å². The zero-order chi connectivity index (χ0) is 21.0. The number of nitrogens with zero attached hydrogens (tertiary/aromatic N) is 1. The number of amides is 2. The number of para-hydroxylation sites is 2. The Morgan fingerprint density at radius 2 is 1.80 bits per heavy atom. The van der Waals surface area contributed by atoms with E-state index in [4.69, 9.17) is 9.47 Å². The molecule has 2 aliphatic heterocycles. The van der Waals surface area contributed by atoms with Crippen LogP contribution in [-0.4, -0.2) is 49.1 Å². The summed E-state index contributed by atoms with van der Waals surface area (Å²) in [5.41, 5.74) is 0.769. The third kappa shape index (κ3) is 4.42. The third-order valence-corrected chi connectivity index (χ3v) is 6.15. The molecule has 158 valence electrons. The second kappa shape index (κ2) is 8.78. The Labute approximate surface area is 177 Å². The topological polar surface area (TPSA) is 67.9 Å². The van der Waals surface area contributed by atoms with Gasteiger partial charge in [-0.05, 0) is 30.2 Å². The smallest absolute Gasteiger partial charge is 0.260 e. The lowest BCUT2D eigenvalue weighted by Gasteiger charge is -2.46. The number of fused-ring (bicyclic) bond motifs is 1. The average Bonchev–Trinajstić information content (AvgIpc) is 2.78. The van der Waals surface area contributed by atoms with E-state index in [0.29, 0.717) is 25.3 Å². The van der Waals surface area contributed by atoms with Gasteiger partial charge in [0.2, 0.25) is 5.91 Å². The van der Waals surface area contributed by atoms with Crippen molar-refractivity contribution in [3.8, 4) is 11.5 Å². The fourth-order valence-corrected chi connectivity index (χ4v) is 4.48. The molecule has 2 heterocycles. The summed E-state index contributed by atoms with van der Waals surface area (Å²) in [6.07, 6.45) is 2.75. The molecule has 1 spiro atoms. The zero-order valence-corrected chi connectivity index (χ0v) is 17.3. The van der Waals surface area contributed by atoms with Gasteiger partial charge >= 0.3 is 0 Å². The van der Waals surface area contributed by atoms with Gasteiger partial charge in [-0.2, -0.15) is 0 Å². The standard InChI is InChI=1S/C24H28N2O4/c1-25-22(27)15-18-16-24(30-21-10-6-5-9-20(18)21)11-13-26(14-12-24)23(28)17-29-19-7-3-2-4-8-19/h2-10,18H,11-17H2,1H3,(H,25,27)/t18-/m0/s1. The number of ether oxygens (including phenoxy) is 2. The van der Waals surface area contributed by atoms with Gasteiger partial charge in [0.25, 0.3) is 5.91 Å². The number of benzene rings is 2. The monoisotopic (exact) mass is 408 g/mol. The Balaban J connectivity index is 1.39. The highest BCUT2D eigenvalue weighted by molar-refractivity contribution is 5.78. The first-order chi connectivity index (χ1) is 14.6. The van der Waals surface area contributed by atoms with Crippen LogP contribution in [0.15, 0.2) is 54.6 Å². The molecule has 2 aliphatic rings. The molecule has 2 aromatic rings. The van der Waals surface area contributed by atoms with Crippen LogP contribution in [-0.2, 0) is 9.59 Å². The van der Waals surface area contributed by atoms with Crippen molar-refractivity contribution in [2.45, 2.75) is 37.2 Å². The summed E-state index contributed by atoms with van der Waals surface area (Å²) in [7, 11) is 1.67. The second-order valence-electron chi connectivity index (χ2n) is 8.08. The van der Waals surface area contributed by atoms with Crippen molar-refractivity contribution < 1.29 is 19.1 Å². The average molecular weight is 408 g/mol. The molecule has 1 N–H and O–H groups in total. The van der Waals surface area contributed by atoms with Crippen LogP contribution in [0.25, 0.3) is 0 Å². The first-order valence-corrected chi connectivity index (χ1v) is 10.5. The van der Waals surface area contributed by atoms with E-state index in [1.54, 1.807) is 7.05 Å². The number of likely N-dealkylation sites (tertiary alicyclic amines) is 1. The molecule has 6 nitrogen and oxygen atoms in total. The Hall–Kier alpha value is -3.02. The molecule has 1 saturated heterocycles. The Morgan fingerprint density at radius 3 is 2.53 bits per heavy atom. The van der Waals surface area contributed by atoms with Crippen LogP contribution in [0.3, 0.4) is 0 Å². The number of piperidine rings is 1. The fraction of sp³-hybridized carbons (Fsp3) is 0.417. The molecule has 0 radical (unpaired) electrons. The molecule has 4 rings (SSSR count). The van der Waals surface area contributed by atoms with Crippen molar-refractivity contribution in [3.05, 3.63) is 60.2 Å². The van der Waals surface area contributed by atoms with Crippen molar-refractivity contribution in [1.29, 1.82) is 0 Å². The molecule has 0 aromatic heterocycles. The summed E-state index contributed by atoms with van der Waals surface area (Å²) in [4.78, 5) is 26.5. The van der Waals surface area contributed by atoms with E-state index in [-0.39, 0.29) is 29.9 Å². The van der Waals surface area contributed by atoms with E-state index in [2.05, 4.69) is 11.4 Å². The number of hydrogen-bond donors (Lipinski definition) is 1. The van der Waals surface area contributed by atoms with Crippen LogP contribution in [0.1, 0.15) is 37.2 Å². The minimum atomic E-state index is -0.329. The Morgan fingerprint density at radius 1 is 1.10 bits per heavy atom. The predicted octanol–water partition coefficient (Wildman–Crippen LogP) is 3.13. The number of rotatable bonds is 5. The number of carbonyl (C=O) groups excluding carboxylic acids is 2. The van der Waals surface area contributed by atoms with E-state index < -0.39 is 0 Å². The van der Waals surface area contributed by atoms with Crippen molar-refractivity contribution >= 4 is 11.8 Å². The van der Waals surface area contributed by atoms with Gasteiger partial charge in [0.05, 0.1) is 0 Å². The number of nitrogens with one attached hydrogen (secondary N) is 1. The quantitative estimate of drug-likeness (QED) is 0.825. The molecule has 1 fully saturated rings. The lowest BCUT2D eigenvalue weighted by Crippen LogP contribution is -2.52. The summed E-state index contributed by atoms with van der Waals surface area (Å²) in [6, 6.07) is 17.4. The zero-order valence-electron chi connectivity index (χ0n) is 17.3. The van der Waals surface area contributed by atoms with Crippen molar-refractivity contribution in [2.24, 2.45) is 0 Å². The lowest BCUT2D eigenvalue weighted by molar-refractivity contribution is -0.137. The van der Waals surface area contributed by atoms with E-state index in [9.17, 15) is 9.59 Å². The molecule has 6 heteroatoms. The molecule has 0 aliphatic carbocycles. The molecule has 0 unspecified atom stereocenters. The predicted molar refractivity (Wildman–Crippen MR) is 114 cm³/mol. The first kappa shape index (κ1) is 20.3. The van der Waals surface area contributed by atoms with Gasteiger partial charge < -0.3 is 19.7 Å². The molecule has 30 heavy (non-hydrogen) atoms. The van der Waals surface area contributed by atoms with Crippen LogP contribution in [0.2, 0.25) is 0 Å². The van der Waals surface area contributed by atoms with E-state index in [1.807, 2.05) is 53.4 Å². The summed E-state index contributed by atoms with van der Waals surface area (Å²) < 4.78 is 12.1. The lowest BCUT2D eigenvalue weighted by atomic mass is 9.76. The highest BCUT2D eigenvalue weighted by Gasteiger charge is 2.44. The summed E-state index contributed by atoms with van der Waals surface area (Å²) in [6.45, 7) is 1.30. The molecule has 2 aromatic carbocycles. The number of carbonyl (C=O) groups is 2. The molecule has 0 bridgehead atoms. The van der Waals surface area contributed by atoms with Gasteiger partial charge in [-0.15, -0.1) is 0 Å². The van der Waals surface area contributed by atoms with Crippen molar-refractivity contribution in [2.75, 3.05) is 26.7 Å². The summed E-state index contributed by atoms with van der Waals surface area (Å²) >= 11 is 0. The van der Waals surface area contributed by atoms with Crippen LogP contribution in [0.5, 0.6) is 11.5 Å². The van der Waals surface area contributed by atoms with Gasteiger partial charge in [-0.25, -0.2) is 0 Å². The van der Waals surface area contributed by atoms with Gasteiger partial charge in [0, 0.05) is 45.3 Å². The van der Waals surface area contributed by atoms with Crippen LogP contribution < -0.4 is 14.8 Å². The largest absolute Gasteiger partial charge is 0.487 e. The van der Waals surface area contributed by atoms with Gasteiger partial charge in [-0.1, -0.05) is 36.4 Å². The summed E-state index contributed by atoms with van der Waals surface area (Å²) in [5, 5.41) is 2.74. The number of hydrogen-bond acceptors (Lipinski definition) is 4. The van der Waals surface area contributed by atoms with Crippen LogP contribution in [0, 0.1) is 0 Å². The van der Waals surface area contributed by atoms with Gasteiger partial charge in [0.1, 0.15) is 17.1 Å². The molecular formula is C24H28N2O4. The van der Waals surface area contributed by atoms with Crippen molar-refractivity contribution in [1.82, 2.24) is 10.2 Å². The fourth-order valence-electron chi connectivity index (χ4n) is 4.48. The second-order valence-corrected chi connectivity index (χ2v) is 8.08. The Kier molecular flexibility index (Phi) is 5.93. The molecule has 0 saturated carbocycles.